The summed E-state index contributed by atoms with van der Waals surface area (Å²) >= 11 is 0. The number of hydrogen-bond donors (Lipinski definition) is 0. The lowest BCUT2D eigenvalue weighted by Gasteiger charge is -2.39. The predicted molar refractivity (Wildman–Crippen MR) is 129 cm³/mol. The molecule has 2 heterocycles. The fourth-order valence-electron chi connectivity index (χ4n) is 4.93. The number of hydrogen-bond acceptors (Lipinski definition) is 4. The zero-order chi connectivity index (χ0) is 22.4. The van der Waals surface area contributed by atoms with Gasteiger partial charge in [0.25, 0.3) is 0 Å². The first kappa shape index (κ1) is 27.3. The molecule has 184 valence electrons. The van der Waals surface area contributed by atoms with E-state index >= 15 is 0 Å². The number of quaternary nitrogens is 1. The Labute approximate surface area is 192 Å². The Morgan fingerprint density at radius 1 is 0.774 bits per heavy atom. The Bertz CT molecular complexity index is 514. The molecule has 0 N–H and O–H groups in total. The van der Waals surface area contributed by atoms with Crippen molar-refractivity contribution in [3.8, 4) is 0 Å². The lowest BCUT2D eigenvalue weighted by Crippen LogP contribution is -2.56. The van der Waals surface area contributed by atoms with Gasteiger partial charge in [-0.1, -0.05) is 103 Å². The molecule has 0 aliphatic carbocycles. The van der Waals surface area contributed by atoms with E-state index in [1.165, 1.54) is 89.9 Å². The van der Waals surface area contributed by atoms with Crippen molar-refractivity contribution in [2.75, 3.05) is 27.2 Å². The Kier molecular flexibility index (Phi) is 13.3. The minimum atomic E-state index is -3.36. The summed E-state index contributed by atoms with van der Waals surface area (Å²) in [5.41, 5.74) is 0. The minimum Gasteiger partial charge on any atom is -0.301 e. The van der Waals surface area contributed by atoms with Crippen LogP contribution >= 0.6 is 7.82 Å². The lowest BCUT2D eigenvalue weighted by atomic mass is 10.0. The van der Waals surface area contributed by atoms with Crippen LogP contribution in [0, 0.1) is 0 Å². The highest BCUT2D eigenvalue weighted by Gasteiger charge is 2.55. The number of unbranched alkanes of at least 4 members (excludes halogenated alkanes) is 15. The van der Waals surface area contributed by atoms with Crippen LogP contribution in [0.15, 0.2) is 0 Å². The van der Waals surface area contributed by atoms with E-state index in [1.54, 1.807) is 0 Å². The highest BCUT2D eigenvalue weighted by Crippen LogP contribution is 2.60. The summed E-state index contributed by atoms with van der Waals surface area (Å²) in [5, 5.41) is 0. The summed E-state index contributed by atoms with van der Waals surface area (Å²) in [6.07, 6.45) is 23.3. The first-order valence-corrected chi connectivity index (χ1v) is 14.9. The van der Waals surface area contributed by atoms with Gasteiger partial charge in [-0.25, -0.2) is 9.09 Å². The third-order valence-electron chi connectivity index (χ3n) is 6.98. The highest BCUT2D eigenvalue weighted by atomic mass is 31.2. The molecule has 0 aromatic heterocycles. The molecule has 2 aliphatic rings. The maximum atomic E-state index is 12.8. The number of likely N-dealkylation sites (N-methyl/N-ethyl adjacent to an activating group) is 1. The summed E-state index contributed by atoms with van der Waals surface area (Å²) in [4.78, 5) is 0. The van der Waals surface area contributed by atoms with Crippen molar-refractivity contribution >= 4 is 7.82 Å². The Morgan fingerprint density at radius 2 is 1.26 bits per heavy atom. The number of phosphoric ester groups is 1. The third-order valence-corrected chi connectivity index (χ3v) is 8.48. The largest absolute Gasteiger partial charge is 0.480 e. The molecular formula is C25H51NO4P+. The number of rotatable bonds is 18. The summed E-state index contributed by atoms with van der Waals surface area (Å²) in [5.74, 6) is 0. The van der Waals surface area contributed by atoms with Crippen molar-refractivity contribution in [2.45, 2.75) is 135 Å². The molecule has 3 unspecified atom stereocenters. The van der Waals surface area contributed by atoms with Gasteiger partial charge in [0.2, 0.25) is 6.23 Å². The van der Waals surface area contributed by atoms with E-state index in [-0.39, 0.29) is 12.3 Å². The summed E-state index contributed by atoms with van der Waals surface area (Å²) < 4.78 is 30.5. The molecule has 2 aliphatic heterocycles. The quantitative estimate of drug-likeness (QED) is 0.118. The molecule has 6 heteroatoms. The van der Waals surface area contributed by atoms with Gasteiger partial charge < -0.3 is 4.48 Å². The van der Waals surface area contributed by atoms with Crippen molar-refractivity contribution in [3.05, 3.63) is 0 Å². The second-order valence-electron chi connectivity index (χ2n) is 10.4. The fourth-order valence-corrected chi connectivity index (χ4v) is 6.65. The molecule has 0 bridgehead atoms. The van der Waals surface area contributed by atoms with E-state index in [0.717, 1.165) is 32.2 Å². The first-order valence-electron chi connectivity index (χ1n) is 13.4. The predicted octanol–water partition coefficient (Wildman–Crippen LogP) is 7.98. The van der Waals surface area contributed by atoms with E-state index in [2.05, 4.69) is 21.0 Å². The molecule has 2 saturated heterocycles. The van der Waals surface area contributed by atoms with Crippen LogP contribution in [0.3, 0.4) is 0 Å². The van der Waals surface area contributed by atoms with Crippen molar-refractivity contribution in [3.63, 3.8) is 0 Å². The SMILES string of the molecule is CCCCCCCCCCCCCCCCCCOP1(=O)OC2CCC[N+](C)(C)C2O1. The third kappa shape index (κ3) is 10.7. The van der Waals surface area contributed by atoms with Gasteiger partial charge in [-0.05, 0) is 19.3 Å². The van der Waals surface area contributed by atoms with Crippen molar-refractivity contribution in [1.29, 1.82) is 0 Å². The molecule has 3 atom stereocenters. The topological polar surface area (TPSA) is 44.8 Å². The van der Waals surface area contributed by atoms with E-state index in [4.69, 9.17) is 13.6 Å². The second kappa shape index (κ2) is 15.1. The van der Waals surface area contributed by atoms with Crippen LogP contribution in [-0.4, -0.2) is 44.1 Å². The fraction of sp³-hybridized carbons (Fsp3) is 1.00. The number of phosphoric acid groups is 1. The molecule has 0 aromatic rings. The smallest absolute Gasteiger partial charge is 0.301 e. The van der Waals surface area contributed by atoms with Crippen molar-refractivity contribution < 1.29 is 22.6 Å². The normalized spacial score (nSPS) is 27.5. The summed E-state index contributed by atoms with van der Waals surface area (Å²) in [7, 11) is 0.872. The van der Waals surface area contributed by atoms with E-state index in [1.807, 2.05) is 0 Å². The lowest BCUT2D eigenvalue weighted by molar-refractivity contribution is -0.939. The zero-order valence-electron chi connectivity index (χ0n) is 20.8. The standard InChI is InChI=1S/C25H51NO4P/c1-4-5-6-7-8-9-10-11-12-13-14-15-16-17-18-19-23-28-31(27)29-24-21-20-22-26(2,3)25(24)30-31/h24-25H,4-23H2,1-3H3/q+1. The number of nitrogens with zero attached hydrogens (tertiary/aromatic N) is 1. The molecule has 0 spiro atoms. The van der Waals surface area contributed by atoms with Gasteiger partial charge in [0.15, 0.2) is 0 Å². The molecule has 0 radical (unpaired) electrons. The molecule has 2 rings (SSSR count). The highest BCUT2D eigenvalue weighted by molar-refractivity contribution is 7.48. The maximum absolute atomic E-state index is 12.8. The van der Waals surface area contributed by atoms with Crippen molar-refractivity contribution in [2.24, 2.45) is 0 Å². The van der Waals surface area contributed by atoms with Crippen LogP contribution in [-0.2, 0) is 18.1 Å². The molecule has 2 fully saturated rings. The van der Waals surface area contributed by atoms with Crippen LogP contribution in [0.1, 0.15) is 122 Å². The van der Waals surface area contributed by atoms with Gasteiger partial charge in [0, 0.05) is 0 Å². The monoisotopic (exact) mass is 460 g/mol. The van der Waals surface area contributed by atoms with Crippen LogP contribution < -0.4 is 0 Å². The van der Waals surface area contributed by atoms with Crippen LogP contribution in [0.2, 0.25) is 0 Å². The molecule has 0 aromatic carbocycles. The minimum absolute atomic E-state index is 0.0830. The van der Waals surface area contributed by atoms with Gasteiger partial charge >= 0.3 is 7.82 Å². The second-order valence-corrected chi connectivity index (χ2v) is 11.9. The Balaban J connectivity index is 1.35. The molecule has 0 amide bonds. The molecular weight excluding hydrogens is 409 g/mol. The Hall–Kier alpha value is 0.0700. The molecule has 31 heavy (non-hydrogen) atoms. The van der Waals surface area contributed by atoms with Gasteiger partial charge in [-0.3, -0.25) is 9.05 Å². The maximum Gasteiger partial charge on any atom is 0.480 e. The number of likely N-dealkylation sites (tertiary alicyclic amines) is 1. The van der Waals surface area contributed by atoms with Gasteiger partial charge in [0.1, 0.15) is 6.10 Å². The first-order chi connectivity index (χ1) is 15.0. The average Bonchev–Trinajstić information content (AvgIpc) is 3.08. The van der Waals surface area contributed by atoms with Crippen LogP contribution in [0.5, 0.6) is 0 Å². The van der Waals surface area contributed by atoms with Gasteiger partial charge in [-0.15, -0.1) is 0 Å². The summed E-state index contributed by atoms with van der Waals surface area (Å²) in [6.45, 7) is 3.79. The van der Waals surface area contributed by atoms with Crippen molar-refractivity contribution in [1.82, 2.24) is 0 Å². The van der Waals surface area contributed by atoms with Gasteiger partial charge in [0.05, 0.1) is 27.2 Å². The van der Waals surface area contributed by atoms with Crippen LogP contribution in [0.25, 0.3) is 0 Å². The number of piperidine rings is 1. The van der Waals surface area contributed by atoms with E-state index in [9.17, 15) is 4.57 Å². The van der Waals surface area contributed by atoms with Gasteiger partial charge in [-0.2, -0.15) is 0 Å². The molecule has 0 saturated carbocycles. The Morgan fingerprint density at radius 3 is 1.74 bits per heavy atom. The number of fused-ring (bicyclic) bond motifs is 1. The van der Waals surface area contributed by atoms with E-state index < -0.39 is 7.82 Å². The average molecular weight is 461 g/mol. The van der Waals surface area contributed by atoms with E-state index in [0.29, 0.717) is 11.1 Å². The van der Waals surface area contributed by atoms with Crippen LogP contribution in [0.4, 0.5) is 0 Å². The zero-order valence-corrected chi connectivity index (χ0v) is 21.7. The summed E-state index contributed by atoms with van der Waals surface area (Å²) in [6, 6.07) is 0. The molecule has 5 nitrogen and oxygen atoms in total.